The van der Waals surface area contributed by atoms with Crippen LogP contribution < -0.4 is 0 Å². The largest absolute Gasteiger partial charge is 0.416 e. The topological polar surface area (TPSA) is 20.3 Å². The number of rotatable bonds is 3. The first-order valence-electron chi connectivity index (χ1n) is 8.42. The SMILES string of the molecule is O=C1C(Cc2ccc(C(F)(F)F)cc2)CCN1C1CCCCC1. The molecule has 2 fully saturated rings. The fourth-order valence-electron chi connectivity index (χ4n) is 3.82. The molecule has 1 heterocycles. The fraction of sp³-hybridized carbons (Fsp3) is 0.611. The van der Waals surface area contributed by atoms with Gasteiger partial charge in [0.05, 0.1) is 5.56 Å². The standard InChI is InChI=1S/C18H22F3NO/c19-18(20,21)15-8-6-13(7-9-15)12-14-10-11-22(17(14)23)16-4-2-1-3-5-16/h6-9,14,16H,1-5,10-12H2. The van der Waals surface area contributed by atoms with Crippen LogP contribution in [0, 0.1) is 5.92 Å². The van der Waals surface area contributed by atoms with Crippen LogP contribution in [0.2, 0.25) is 0 Å². The van der Waals surface area contributed by atoms with E-state index in [1.165, 1.54) is 31.4 Å². The monoisotopic (exact) mass is 325 g/mol. The zero-order valence-corrected chi connectivity index (χ0v) is 13.1. The van der Waals surface area contributed by atoms with Crippen molar-refractivity contribution in [3.05, 3.63) is 35.4 Å². The molecule has 1 aromatic rings. The molecule has 1 aliphatic heterocycles. The smallest absolute Gasteiger partial charge is 0.339 e. The van der Waals surface area contributed by atoms with Crippen molar-refractivity contribution in [3.8, 4) is 0 Å². The summed E-state index contributed by atoms with van der Waals surface area (Å²) in [5, 5.41) is 0. The molecule has 0 aromatic heterocycles. The number of likely N-dealkylation sites (tertiary alicyclic amines) is 1. The van der Waals surface area contributed by atoms with E-state index in [1.54, 1.807) is 0 Å². The Labute approximate surface area is 134 Å². The van der Waals surface area contributed by atoms with E-state index in [-0.39, 0.29) is 11.8 Å². The summed E-state index contributed by atoms with van der Waals surface area (Å²) < 4.78 is 37.7. The third kappa shape index (κ3) is 3.70. The van der Waals surface area contributed by atoms with Gasteiger partial charge in [0.1, 0.15) is 0 Å². The highest BCUT2D eigenvalue weighted by Gasteiger charge is 2.36. The highest BCUT2D eigenvalue weighted by atomic mass is 19.4. The molecule has 5 heteroatoms. The molecule has 1 atom stereocenters. The molecule has 3 rings (SSSR count). The minimum Gasteiger partial charge on any atom is -0.339 e. The normalized spacial score (nSPS) is 23.5. The number of amides is 1. The number of halogens is 3. The lowest BCUT2D eigenvalue weighted by Gasteiger charge is -2.31. The van der Waals surface area contributed by atoms with E-state index in [1.807, 2.05) is 4.90 Å². The molecule has 126 valence electrons. The van der Waals surface area contributed by atoms with Crippen LogP contribution in [0.15, 0.2) is 24.3 Å². The average Bonchev–Trinajstić information content (AvgIpc) is 2.89. The Bertz CT molecular complexity index is 546. The van der Waals surface area contributed by atoms with Gasteiger partial charge in [0.2, 0.25) is 5.91 Å². The van der Waals surface area contributed by atoms with Crippen molar-refractivity contribution in [1.82, 2.24) is 4.90 Å². The third-order valence-electron chi connectivity index (χ3n) is 5.13. The Morgan fingerprint density at radius 1 is 1.00 bits per heavy atom. The Hall–Kier alpha value is -1.52. The van der Waals surface area contributed by atoms with Crippen molar-refractivity contribution in [3.63, 3.8) is 0 Å². The van der Waals surface area contributed by atoms with Gasteiger partial charge in [0.15, 0.2) is 0 Å². The van der Waals surface area contributed by atoms with Gasteiger partial charge in [-0.2, -0.15) is 13.2 Å². The first kappa shape index (κ1) is 16.3. The van der Waals surface area contributed by atoms with Gasteiger partial charge in [-0.25, -0.2) is 0 Å². The second-order valence-corrected chi connectivity index (χ2v) is 6.71. The lowest BCUT2D eigenvalue weighted by Crippen LogP contribution is -2.39. The zero-order valence-electron chi connectivity index (χ0n) is 13.1. The first-order chi connectivity index (χ1) is 10.9. The molecule has 0 N–H and O–H groups in total. The summed E-state index contributed by atoms with van der Waals surface area (Å²) in [5.74, 6) is 0.116. The number of carbonyl (C=O) groups excluding carboxylic acids is 1. The predicted octanol–water partition coefficient (Wildman–Crippen LogP) is 4.43. The number of hydrogen-bond donors (Lipinski definition) is 0. The Kier molecular flexibility index (Phi) is 4.64. The molecular weight excluding hydrogens is 303 g/mol. The van der Waals surface area contributed by atoms with E-state index in [4.69, 9.17) is 0 Å². The van der Waals surface area contributed by atoms with Gasteiger partial charge in [-0.15, -0.1) is 0 Å². The minimum absolute atomic E-state index is 0.0753. The van der Waals surface area contributed by atoms with Crippen LogP contribution in [0.25, 0.3) is 0 Å². The van der Waals surface area contributed by atoms with E-state index in [0.717, 1.165) is 43.5 Å². The molecule has 1 aliphatic carbocycles. The van der Waals surface area contributed by atoms with E-state index < -0.39 is 11.7 Å². The summed E-state index contributed by atoms with van der Waals surface area (Å²) in [6.45, 7) is 0.800. The van der Waals surface area contributed by atoms with E-state index in [2.05, 4.69) is 0 Å². The Morgan fingerprint density at radius 2 is 1.65 bits per heavy atom. The van der Waals surface area contributed by atoms with Crippen LogP contribution in [-0.4, -0.2) is 23.4 Å². The number of benzene rings is 1. The van der Waals surface area contributed by atoms with Crippen molar-refractivity contribution < 1.29 is 18.0 Å². The van der Waals surface area contributed by atoms with Gasteiger partial charge in [-0.1, -0.05) is 31.4 Å². The first-order valence-corrected chi connectivity index (χ1v) is 8.42. The van der Waals surface area contributed by atoms with Crippen LogP contribution in [0.5, 0.6) is 0 Å². The van der Waals surface area contributed by atoms with E-state index >= 15 is 0 Å². The van der Waals surface area contributed by atoms with Crippen molar-refractivity contribution in [2.75, 3.05) is 6.54 Å². The van der Waals surface area contributed by atoms with Gasteiger partial charge in [0.25, 0.3) is 0 Å². The Morgan fingerprint density at radius 3 is 2.26 bits per heavy atom. The van der Waals surface area contributed by atoms with E-state index in [0.29, 0.717) is 12.5 Å². The molecule has 0 bridgehead atoms. The fourth-order valence-corrected chi connectivity index (χ4v) is 3.82. The zero-order chi connectivity index (χ0) is 16.4. The summed E-state index contributed by atoms with van der Waals surface area (Å²) in [6.07, 6.45) is 2.89. The number of alkyl halides is 3. The lowest BCUT2D eigenvalue weighted by atomic mass is 9.94. The van der Waals surface area contributed by atoms with Crippen molar-refractivity contribution in [1.29, 1.82) is 0 Å². The number of nitrogens with zero attached hydrogens (tertiary/aromatic N) is 1. The quantitative estimate of drug-likeness (QED) is 0.805. The molecule has 0 spiro atoms. The minimum atomic E-state index is -4.31. The number of carbonyl (C=O) groups is 1. The van der Waals surface area contributed by atoms with Crippen molar-refractivity contribution >= 4 is 5.91 Å². The molecule has 2 aliphatic rings. The predicted molar refractivity (Wildman–Crippen MR) is 81.8 cm³/mol. The maximum atomic E-state index is 12.6. The molecule has 0 radical (unpaired) electrons. The van der Waals surface area contributed by atoms with E-state index in [9.17, 15) is 18.0 Å². The molecular formula is C18H22F3NO. The third-order valence-corrected chi connectivity index (χ3v) is 5.13. The summed E-state index contributed by atoms with van der Waals surface area (Å²) in [5.41, 5.74) is 0.171. The van der Waals surface area contributed by atoms with Crippen LogP contribution in [-0.2, 0) is 17.4 Å². The molecule has 2 nitrogen and oxygen atoms in total. The second-order valence-electron chi connectivity index (χ2n) is 6.71. The lowest BCUT2D eigenvalue weighted by molar-refractivity contribution is -0.137. The summed E-state index contributed by atoms with van der Waals surface area (Å²) in [7, 11) is 0. The molecule has 1 aromatic carbocycles. The maximum absolute atomic E-state index is 12.6. The van der Waals surface area contributed by atoms with Crippen molar-refractivity contribution in [2.45, 2.75) is 57.2 Å². The average molecular weight is 325 g/mol. The molecule has 23 heavy (non-hydrogen) atoms. The van der Waals surface area contributed by atoms with Gasteiger partial charge in [-0.3, -0.25) is 4.79 Å². The van der Waals surface area contributed by atoms with Gasteiger partial charge >= 0.3 is 6.18 Å². The summed E-state index contributed by atoms with van der Waals surface area (Å²) >= 11 is 0. The van der Waals surface area contributed by atoms with Crippen LogP contribution in [0.3, 0.4) is 0 Å². The molecule has 1 saturated heterocycles. The van der Waals surface area contributed by atoms with Crippen LogP contribution in [0.1, 0.15) is 49.7 Å². The maximum Gasteiger partial charge on any atom is 0.416 e. The molecule has 1 saturated carbocycles. The summed E-state index contributed by atoms with van der Waals surface area (Å²) in [4.78, 5) is 14.6. The Balaban J connectivity index is 1.61. The van der Waals surface area contributed by atoms with Gasteiger partial charge in [-0.05, 0) is 43.4 Å². The highest BCUT2D eigenvalue weighted by Crippen LogP contribution is 2.32. The van der Waals surface area contributed by atoms with Crippen LogP contribution >= 0.6 is 0 Å². The van der Waals surface area contributed by atoms with Crippen molar-refractivity contribution in [2.24, 2.45) is 5.92 Å². The van der Waals surface area contributed by atoms with Gasteiger partial charge in [0, 0.05) is 18.5 Å². The number of hydrogen-bond acceptors (Lipinski definition) is 1. The molecule has 1 unspecified atom stereocenters. The second kappa shape index (κ2) is 6.54. The summed E-state index contributed by atoms with van der Waals surface area (Å²) in [6, 6.07) is 5.59. The van der Waals surface area contributed by atoms with Crippen LogP contribution in [0.4, 0.5) is 13.2 Å². The highest BCUT2D eigenvalue weighted by molar-refractivity contribution is 5.81. The molecule has 1 amide bonds. The van der Waals surface area contributed by atoms with Gasteiger partial charge < -0.3 is 4.90 Å².